The Morgan fingerprint density at radius 1 is 1.43 bits per heavy atom. The Labute approximate surface area is 138 Å². The van der Waals surface area contributed by atoms with E-state index in [1.807, 2.05) is 29.2 Å². The summed E-state index contributed by atoms with van der Waals surface area (Å²) in [5, 5.41) is 0.710. The number of hydrogen-bond acceptors (Lipinski definition) is 2. The number of carbonyl (C=O) groups excluding carboxylic acids is 1. The van der Waals surface area contributed by atoms with Gasteiger partial charge in [0.1, 0.15) is 0 Å². The molecule has 1 aliphatic carbocycles. The maximum Gasteiger partial charge on any atom is 0.226 e. The lowest BCUT2D eigenvalue weighted by atomic mass is 10.0. The van der Waals surface area contributed by atoms with Crippen molar-refractivity contribution in [1.82, 2.24) is 4.90 Å². The third-order valence-electron chi connectivity index (χ3n) is 3.97. The van der Waals surface area contributed by atoms with Crippen LogP contribution >= 0.6 is 24.0 Å². The first-order chi connectivity index (χ1) is 9.47. The third kappa shape index (κ3) is 4.87. The fraction of sp³-hybridized carbons (Fsp3) is 0.562. The van der Waals surface area contributed by atoms with E-state index >= 15 is 0 Å². The van der Waals surface area contributed by atoms with Gasteiger partial charge in [-0.3, -0.25) is 4.79 Å². The molecule has 0 bridgehead atoms. The molecule has 1 amide bonds. The molecule has 0 heterocycles. The highest BCUT2D eigenvalue weighted by atomic mass is 35.5. The molecular weight excluding hydrogens is 307 g/mol. The van der Waals surface area contributed by atoms with E-state index in [1.54, 1.807) is 0 Å². The Hall–Kier alpha value is -0.770. The van der Waals surface area contributed by atoms with E-state index in [1.165, 1.54) is 0 Å². The number of benzene rings is 1. The smallest absolute Gasteiger partial charge is 0.226 e. The van der Waals surface area contributed by atoms with Gasteiger partial charge in [0.05, 0.1) is 0 Å². The predicted molar refractivity (Wildman–Crippen MR) is 89.7 cm³/mol. The zero-order valence-corrected chi connectivity index (χ0v) is 14.2. The van der Waals surface area contributed by atoms with Crippen LogP contribution in [0.3, 0.4) is 0 Å². The van der Waals surface area contributed by atoms with Crippen LogP contribution in [-0.4, -0.2) is 22.9 Å². The fourth-order valence-electron chi connectivity index (χ4n) is 2.82. The van der Waals surface area contributed by atoms with Gasteiger partial charge in [0.25, 0.3) is 0 Å². The van der Waals surface area contributed by atoms with Crippen molar-refractivity contribution in [2.45, 2.75) is 51.7 Å². The van der Waals surface area contributed by atoms with Crippen LogP contribution in [0, 0.1) is 5.92 Å². The molecule has 5 heteroatoms. The summed E-state index contributed by atoms with van der Waals surface area (Å²) < 4.78 is 0. The highest BCUT2D eigenvalue weighted by Crippen LogP contribution is 2.27. The van der Waals surface area contributed by atoms with Crippen molar-refractivity contribution < 1.29 is 4.79 Å². The van der Waals surface area contributed by atoms with E-state index in [0.29, 0.717) is 11.6 Å². The molecule has 118 valence electrons. The number of halogens is 2. The van der Waals surface area contributed by atoms with Gasteiger partial charge in [-0.2, -0.15) is 0 Å². The van der Waals surface area contributed by atoms with Gasteiger partial charge in [-0.25, -0.2) is 0 Å². The Bertz CT molecular complexity index is 479. The van der Waals surface area contributed by atoms with Gasteiger partial charge >= 0.3 is 0 Å². The standard InChI is InChI=1S/C16H23ClN2O.ClH/c1-11(2)19(10-12-4-3-5-14(17)8-12)16(20)13-6-7-15(18)9-13;/h3-5,8,11,13,15H,6-7,9-10,18H2,1-2H3;1H. The van der Waals surface area contributed by atoms with Gasteiger partial charge in [-0.1, -0.05) is 23.7 Å². The molecule has 2 atom stereocenters. The molecule has 1 aliphatic rings. The monoisotopic (exact) mass is 330 g/mol. The number of carbonyl (C=O) groups is 1. The number of rotatable bonds is 4. The zero-order chi connectivity index (χ0) is 14.7. The first-order valence-corrected chi connectivity index (χ1v) is 7.65. The van der Waals surface area contributed by atoms with E-state index < -0.39 is 0 Å². The van der Waals surface area contributed by atoms with Crippen LogP contribution in [0.25, 0.3) is 0 Å². The summed E-state index contributed by atoms with van der Waals surface area (Å²) in [6.07, 6.45) is 2.69. The molecule has 0 spiro atoms. The first-order valence-electron chi connectivity index (χ1n) is 7.28. The van der Waals surface area contributed by atoms with Crippen LogP contribution in [0.5, 0.6) is 0 Å². The number of hydrogen-bond donors (Lipinski definition) is 1. The van der Waals surface area contributed by atoms with Crippen molar-refractivity contribution in [2.24, 2.45) is 11.7 Å². The van der Waals surface area contributed by atoms with Crippen molar-refractivity contribution in [3.05, 3.63) is 34.9 Å². The molecule has 3 nitrogen and oxygen atoms in total. The van der Waals surface area contributed by atoms with Crippen LogP contribution in [-0.2, 0) is 11.3 Å². The molecule has 1 aromatic carbocycles. The topological polar surface area (TPSA) is 46.3 Å². The maximum absolute atomic E-state index is 12.7. The van der Waals surface area contributed by atoms with Gasteiger partial charge in [0, 0.05) is 29.6 Å². The average Bonchev–Trinajstić information content (AvgIpc) is 2.82. The highest BCUT2D eigenvalue weighted by molar-refractivity contribution is 6.30. The third-order valence-corrected chi connectivity index (χ3v) is 4.21. The minimum Gasteiger partial charge on any atom is -0.336 e. The largest absolute Gasteiger partial charge is 0.336 e. The Kier molecular flexibility index (Phi) is 6.98. The molecule has 1 saturated carbocycles. The van der Waals surface area contributed by atoms with Crippen molar-refractivity contribution in [3.8, 4) is 0 Å². The predicted octanol–water partition coefficient (Wildman–Crippen LogP) is 3.63. The molecule has 0 aliphatic heterocycles. The molecule has 1 aromatic rings. The first kappa shape index (κ1) is 18.3. The molecule has 2 unspecified atom stereocenters. The summed E-state index contributed by atoms with van der Waals surface area (Å²) in [6.45, 7) is 4.72. The van der Waals surface area contributed by atoms with Gasteiger partial charge in [0.2, 0.25) is 5.91 Å². The SMILES string of the molecule is CC(C)N(Cc1cccc(Cl)c1)C(=O)C1CCC(N)C1.Cl. The van der Waals surface area contributed by atoms with Crippen LogP contribution < -0.4 is 5.73 Å². The van der Waals surface area contributed by atoms with Gasteiger partial charge in [-0.15, -0.1) is 12.4 Å². The summed E-state index contributed by atoms with van der Waals surface area (Å²) in [5.41, 5.74) is 6.99. The van der Waals surface area contributed by atoms with Crippen molar-refractivity contribution >= 4 is 29.9 Å². The fourth-order valence-corrected chi connectivity index (χ4v) is 3.04. The second-order valence-corrected chi connectivity index (χ2v) is 6.40. The van der Waals surface area contributed by atoms with Crippen molar-refractivity contribution in [3.63, 3.8) is 0 Å². The molecule has 21 heavy (non-hydrogen) atoms. The van der Waals surface area contributed by atoms with Crippen molar-refractivity contribution in [2.75, 3.05) is 0 Å². The number of amides is 1. The van der Waals surface area contributed by atoms with Gasteiger partial charge in [-0.05, 0) is 50.8 Å². The molecule has 0 aromatic heterocycles. The van der Waals surface area contributed by atoms with Crippen LogP contribution in [0.15, 0.2) is 24.3 Å². The van der Waals surface area contributed by atoms with Crippen LogP contribution in [0.1, 0.15) is 38.7 Å². The van der Waals surface area contributed by atoms with Crippen LogP contribution in [0.2, 0.25) is 5.02 Å². The quantitative estimate of drug-likeness (QED) is 0.916. The second kappa shape index (κ2) is 8.02. The van der Waals surface area contributed by atoms with Crippen LogP contribution in [0.4, 0.5) is 0 Å². The van der Waals surface area contributed by atoms with Gasteiger partial charge in [0.15, 0.2) is 0 Å². The molecule has 0 saturated heterocycles. The van der Waals surface area contributed by atoms with Gasteiger partial charge < -0.3 is 10.6 Å². The summed E-state index contributed by atoms with van der Waals surface area (Å²) in [7, 11) is 0. The van der Waals surface area contributed by atoms with E-state index in [0.717, 1.165) is 24.8 Å². The Morgan fingerprint density at radius 2 is 2.14 bits per heavy atom. The molecule has 1 fully saturated rings. The summed E-state index contributed by atoms with van der Waals surface area (Å²) in [5.74, 6) is 0.319. The lowest BCUT2D eigenvalue weighted by Crippen LogP contribution is -2.40. The summed E-state index contributed by atoms with van der Waals surface area (Å²) in [4.78, 5) is 14.6. The van der Waals surface area contributed by atoms with E-state index in [4.69, 9.17) is 17.3 Å². The van der Waals surface area contributed by atoms with E-state index in [-0.39, 0.29) is 36.3 Å². The average molecular weight is 331 g/mol. The number of nitrogens with two attached hydrogens (primary N) is 1. The molecule has 0 radical (unpaired) electrons. The van der Waals surface area contributed by atoms with E-state index in [2.05, 4.69) is 13.8 Å². The molecule has 2 rings (SSSR count). The van der Waals surface area contributed by atoms with E-state index in [9.17, 15) is 4.79 Å². The lowest BCUT2D eigenvalue weighted by molar-refractivity contribution is -0.137. The summed E-state index contributed by atoms with van der Waals surface area (Å²) in [6, 6.07) is 8.07. The second-order valence-electron chi connectivity index (χ2n) is 5.96. The number of nitrogens with zero attached hydrogens (tertiary/aromatic N) is 1. The zero-order valence-electron chi connectivity index (χ0n) is 12.6. The Balaban J connectivity index is 0.00000220. The highest BCUT2D eigenvalue weighted by Gasteiger charge is 2.31. The molecule has 2 N–H and O–H groups in total. The minimum absolute atomic E-state index is 0. The normalized spacial score (nSPS) is 21.2. The Morgan fingerprint density at radius 3 is 2.67 bits per heavy atom. The summed E-state index contributed by atoms with van der Waals surface area (Å²) >= 11 is 6.01. The molecular formula is C16H24Cl2N2O. The minimum atomic E-state index is 0. The van der Waals surface area contributed by atoms with Crippen molar-refractivity contribution in [1.29, 1.82) is 0 Å². The lowest BCUT2D eigenvalue weighted by Gasteiger charge is -2.29. The maximum atomic E-state index is 12.7.